The summed E-state index contributed by atoms with van der Waals surface area (Å²) in [4.78, 5) is 6.64. The summed E-state index contributed by atoms with van der Waals surface area (Å²) in [6.45, 7) is 8.30. The van der Waals surface area contributed by atoms with Gasteiger partial charge in [-0.1, -0.05) is 0 Å². The number of hydrogen-bond donors (Lipinski definition) is 1. The number of rotatable bonds is 2. The van der Waals surface area contributed by atoms with Gasteiger partial charge < -0.3 is 9.73 Å². The van der Waals surface area contributed by atoms with E-state index in [-0.39, 0.29) is 0 Å². The maximum atomic E-state index is 5.49. The molecule has 84 valence electrons. The van der Waals surface area contributed by atoms with Gasteiger partial charge in [-0.3, -0.25) is 4.90 Å². The fourth-order valence-electron chi connectivity index (χ4n) is 2.00. The van der Waals surface area contributed by atoms with Crippen molar-refractivity contribution in [1.29, 1.82) is 0 Å². The minimum atomic E-state index is 0.559. The molecule has 0 bridgehead atoms. The third-order valence-corrected chi connectivity index (χ3v) is 2.70. The van der Waals surface area contributed by atoms with E-state index >= 15 is 0 Å². The summed E-state index contributed by atoms with van der Waals surface area (Å²) in [7, 11) is 0. The molecule has 0 aliphatic carbocycles. The second-order valence-corrected chi connectivity index (χ2v) is 4.31. The average Bonchev–Trinajstić information content (AvgIpc) is 2.46. The van der Waals surface area contributed by atoms with Crippen LogP contribution in [0.4, 0.5) is 0 Å². The molecule has 4 nitrogen and oxygen atoms in total. The lowest BCUT2D eigenvalue weighted by molar-refractivity contribution is 0.237. The molecular formula is C11H19N3O. The number of hydrogen-bond acceptors (Lipinski definition) is 4. The van der Waals surface area contributed by atoms with E-state index < -0.39 is 0 Å². The Morgan fingerprint density at radius 3 is 3.27 bits per heavy atom. The summed E-state index contributed by atoms with van der Waals surface area (Å²) in [5, 5.41) is 3.47. The van der Waals surface area contributed by atoms with Crippen LogP contribution in [0.3, 0.4) is 0 Å². The molecule has 0 aromatic carbocycles. The van der Waals surface area contributed by atoms with E-state index in [1.54, 1.807) is 6.20 Å². The highest BCUT2D eigenvalue weighted by atomic mass is 16.4. The highest BCUT2D eigenvalue weighted by Crippen LogP contribution is 2.08. The zero-order valence-electron chi connectivity index (χ0n) is 9.49. The zero-order chi connectivity index (χ0) is 10.7. The van der Waals surface area contributed by atoms with E-state index in [1.165, 1.54) is 6.42 Å². The molecule has 1 atom stereocenters. The quantitative estimate of drug-likeness (QED) is 0.793. The first kappa shape index (κ1) is 10.6. The van der Waals surface area contributed by atoms with Crippen molar-refractivity contribution in [3.63, 3.8) is 0 Å². The number of oxazole rings is 1. The number of nitrogens with zero attached hydrogens (tertiary/aromatic N) is 2. The highest BCUT2D eigenvalue weighted by Gasteiger charge is 2.15. The van der Waals surface area contributed by atoms with Crippen LogP contribution in [-0.4, -0.2) is 35.6 Å². The van der Waals surface area contributed by atoms with Crippen molar-refractivity contribution in [1.82, 2.24) is 15.2 Å². The molecule has 1 aromatic heterocycles. The van der Waals surface area contributed by atoms with E-state index in [2.05, 4.69) is 22.1 Å². The molecule has 1 N–H and O–H groups in total. The smallest absolute Gasteiger partial charge is 0.208 e. The van der Waals surface area contributed by atoms with Crippen molar-refractivity contribution in [2.24, 2.45) is 0 Å². The molecule has 2 heterocycles. The lowest BCUT2D eigenvalue weighted by Gasteiger charge is -2.20. The normalized spacial score (nSPS) is 24.0. The third-order valence-electron chi connectivity index (χ3n) is 2.70. The summed E-state index contributed by atoms with van der Waals surface area (Å²) in [6.07, 6.45) is 2.98. The van der Waals surface area contributed by atoms with Gasteiger partial charge in [0.25, 0.3) is 0 Å². The van der Waals surface area contributed by atoms with Crippen LogP contribution in [0.15, 0.2) is 10.6 Å². The van der Waals surface area contributed by atoms with E-state index in [0.717, 1.165) is 37.8 Å². The van der Waals surface area contributed by atoms with Crippen LogP contribution < -0.4 is 5.32 Å². The Balaban J connectivity index is 1.92. The van der Waals surface area contributed by atoms with Gasteiger partial charge in [-0.2, -0.15) is 0 Å². The van der Waals surface area contributed by atoms with E-state index in [9.17, 15) is 0 Å². The molecule has 0 saturated carbocycles. The summed E-state index contributed by atoms with van der Waals surface area (Å²) in [5.74, 6) is 1.73. The molecule has 1 aliphatic rings. The summed E-state index contributed by atoms with van der Waals surface area (Å²) >= 11 is 0. The van der Waals surface area contributed by atoms with Crippen LogP contribution in [0, 0.1) is 6.92 Å². The summed E-state index contributed by atoms with van der Waals surface area (Å²) in [6, 6.07) is 0.559. The molecule has 1 aliphatic heterocycles. The SMILES string of the molecule is Cc1cnc(CN2CCCNC(C)C2)o1. The van der Waals surface area contributed by atoms with Gasteiger partial charge in [-0.25, -0.2) is 4.98 Å². The fraction of sp³-hybridized carbons (Fsp3) is 0.727. The Hall–Kier alpha value is -0.870. The Kier molecular flexibility index (Phi) is 3.38. The molecule has 1 saturated heterocycles. The molecule has 2 rings (SSSR count). The molecule has 0 amide bonds. The maximum Gasteiger partial charge on any atom is 0.208 e. The van der Waals surface area contributed by atoms with Crippen LogP contribution >= 0.6 is 0 Å². The largest absolute Gasteiger partial charge is 0.445 e. The van der Waals surface area contributed by atoms with Gasteiger partial charge in [0, 0.05) is 12.6 Å². The standard InChI is InChI=1S/C11H19N3O/c1-9-7-14(5-3-4-12-9)8-11-13-6-10(2)15-11/h6,9,12H,3-5,7-8H2,1-2H3. The molecule has 1 fully saturated rings. The van der Waals surface area contributed by atoms with Crippen molar-refractivity contribution in [2.45, 2.75) is 32.9 Å². The first-order valence-electron chi connectivity index (χ1n) is 5.61. The lowest BCUT2D eigenvalue weighted by atomic mass is 10.3. The summed E-state index contributed by atoms with van der Waals surface area (Å²) < 4.78 is 5.49. The van der Waals surface area contributed by atoms with Crippen molar-refractivity contribution < 1.29 is 4.42 Å². The zero-order valence-corrected chi connectivity index (χ0v) is 9.49. The molecular weight excluding hydrogens is 190 g/mol. The van der Waals surface area contributed by atoms with Crippen LogP contribution in [0.25, 0.3) is 0 Å². The predicted molar refractivity (Wildman–Crippen MR) is 58.6 cm³/mol. The number of aromatic nitrogens is 1. The predicted octanol–water partition coefficient (Wildman–Crippen LogP) is 1.17. The van der Waals surface area contributed by atoms with E-state index in [1.807, 2.05) is 6.92 Å². The Morgan fingerprint density at radius 2 is 2.53 bits per heavy atom. The second-order valence-electron chi connectivity index (χ2n) is 4.31. The minimum Gasteiger partial charge on any atom is -0.445 e. The highest BCUT2D eigenvalue weighted by molar-refractivity contribution is 4.91. The topological polar surface area (TPSA) is 41.3 Å². The molecule has 0 spiro atoms. The Morgan fingerprint density at radius 1 is 1.67 bits per heavy atom. The van der Waals surface area contributed by atoms with E-state index in [4.69, 9.17) is 4.42 Å². The van der Waals surface area contributed by atoms with Crippen LogP contribution in [-0.2, 0) is 6.54 Å². The molecule has 1 unspecified atom stereocenters. The lowest BCUT2D eigenvalue weighted by Crippen LogP contribution is -2.35. The van der Waals surface area contributed by atoms with Gasteiger partial charge in [0.15, 0.2) is 0 Å². The van der Waals surface area contributed by atoms with Gasteiger partial charge in [0.05, 0.1) is 12.7 Å². The average molecular weight is 209 g/mol. The van der Waals surface area contributed by atoms with Gasteiger partial charge in [-0.15, -0.1) is 0 Å². The molecule has 15 heavy (non-hydrogen) atoms. The second kappa shape index (κ2) is 4.77. The van der Waals surface area contributed by atoms with Gasteiger partial charge in [0.1, 0.15) is 5.76 Å². The Bertz CT molecular complexity index is 311. The van der Waals surface area contributed by atoms with Crippen LogP contribution in [0.5, 0.6) is 0 Å². The van der Waals surface area contributed by atoms with Crippen molar-refractivity contribution in [2.75, 3.05) is 19.6 Å². The molecule has 1 aromatic rings. The van der Waals surface area contributed by atoms with Crippen LogP contribution in [0.2, 0.25) is 0 Å². The van der Waals surface area contributed by atoms with Gasteiger partial charge >= 0.3 is 0 Å². The summed E-state index contributed by atoms with van der Waals surface area (Å²) in [5.41, 5.74) is 0. The van der Waals surface area contributed by atoms with Crippen molar-refractivity contribution >= 4 is 0 Å². The monoisotopic (exact) mass is 209 g/mol. The first-order chi connectivity index (χ1) is 7.24. The molecule has 0 radical (unpaired) electrons. The van der Waals surface area contributed by atoms with E-state index in [0.29, 0.717) is 6.04 Å². The number of aryl methyl sites for hydroxylation is 1. The van der Waals surface area contributed by atoms with Crippen LogP contribution in [0.1, 0.15) is 25.0 Å². The third kappa shape index (κ3) is 3.04. The van der Waals surface area contributed by atoms with Gasteiger partial charge in [0.2, 0.25) is 5.89 Å². The minimum absolute atomic E-state index is 0.559. The molecule has 4 heteroatoms. The Labute approximate surface area is 90.7 Å². The first-order valence-corrected chi connectivity index (χ1v) is 5.61. The number of nitrogens with one attached hydrogen (secondary N) is 1. The van der Waals surface area contributed by atoms with Crippen molar-refractivity contribution in [3.8, 4) is 0 Å². The van der Waals surface area contributed by atoms with Crippen molar-refractivity contribution in [3.05, 3.63) is 17.8 Å². The van der Waals surface area contributed by atoms with Gasteiger partial charge in [-0.05, 0) is 33.4 Å². The maximum absolute atomic E-state index is 5.49. The fourth-order valence-corrected chi connectivity index (χ4v) is 2.00.